The van der Waals surface area contributed by atoms with Crippen LogP contribution in [0.15, 0.2) is 73.2 Å². The predicted octanol–water partition coefficient (Wildman–Crippen LogP) is 4.71. The zero-order chi connectivity index (χ0) is 22.7. The molecular weight excluding hydrogens is 422 g/mol. The lowest BCUT2D eigenvalue weighted by Gasteiger charge is -2.19. The molecule has 0 saturated heterocycles. The molecule has 0 bridgehead atoms. The molecule has 0 aliphatic rings. The second-order valence-corrected chi connectivity index (χ2v) is 9.25. The highest BCUT2D eigenvalue weighted by Crippen LogP contribution is 2.33. The molecule has 0 radical (unpaired) electrons. The highest BCUT2D eigenvalue weighted by molar-refractivity contribution is 7.92. The third kappa shape index (κ3) is 4.68. The van der Waals surface area contributed by atoms with E-state index in [1.807, 2.05) is 55.5 Å². The summed E-state index contributed by atoms with van der Waals surface area (Å²) in [7, 11) is -3.41. The van der Waals surface area contributed by atoms with E-state index in [1.54, 1.807) is 18.5 Å². The number of nitriles is 1. The van der Waals surface area contributed by atoms with E-state index >= 15 is 0 Å². The van der Waals surface area contributed by atoms with Gasteiger partial charge in [0.05, 0.1) is 34.9 Å². The van der Waals surface area contributed by atoms with Gasteiger partial charge in [-0.1, -0.05) is 36.4 Å². The van der Waals surface area contributed by atoms with Gasteiger partial charge < -0.3 is 5.32 Å². The van der Waals surface area contributed by atoms with Crippen molar-refractivity contribution in [2.45, 2.75) is 13.0 Å². The van der Waals surface area contributed by atoms with E-state index in [0.717, 1.165) is 33.8 Å². The molecular formula is C24H21N5O2S. The van der Waals surface area contributed by atoms with E-state index in [2.05, 4.69) is 26.1 Å². The van der Waals surface area contributed by atoms with Crippen LogP contribution in [0.25, 0.3) is 22.0 Å². The zero-order valence-corrected chi connectivity index (χ0v) is 18.4. The molecule has 0 spiro atoms. The Hall–Kier alpha value is -3.96. The minimum absolute atomic E-state index is 0.0264. The first kappa shape index (κ1) is 21.3. The maximum Gasteiger partial charge on any atom is 0.229 e. The van der Waals surface area contributed by atoms with Crippen LogP contribution < -0.4 is 10.0 Å². The van der Waals surface area contributed by atoms with Gasteiger partial charge in [-0.2, -0.15) is 5.26 Å². The molecule has 0 aliphatic carbocycles. The summed E-state index contributed by atoms with van der Waals surface area (Å²) in [5, 5.41) is 14.0. The van der Waals surface area contributed by atoms with Gasteiger partial charge in [0.2, 0.25) is 10.0 Å². The lowest BCUT2D eigenvalue weighted by atomic mass is 10.0. The standard InChI is InChI=1S/C24H21N5O2S/c1-16(17-6-4-3-5-7-17)28-24-20(12-25)14-27-23-9-8-18(11-22(23)24)19-10-21(15-26-13-19)29-32(2,30)31/h3-11,13-16,29H,1-2H3,(H,27,28). The normalized spacial score (nSPS) is 12.2. The highest BCUT2D eigenvalue weighted by atomic mass is 32.2. The van der Waals surface area contributed by atoms with Crippen LogP contribution in [0.5, 0.6) is 0 Å². The molecule has 2 heterocycles. The molecule has 2 N–H and O–H groups in total. The Morgan fingerprint density at radius 1 is 1.00 bits per heavy atom. The van der Waals surface area contributed by atoms with E-state index in [1.165, 1.54) is 6.20 Å². The van der Waals surface area contributed by atoms with Gasteiger partial charge >= 0.3 is 0 Å². The van der Waals surface area contributed by atoms with Crippen molar-refractivity contribution in [3.63, 3.8) is 0 Å². The van der Waals surface area contributed by atoms with E-state index in [-0.39, 0.29) is 6.04 Å². The lowest BCUT2D eigenvalue weighted by Crippen LogP contribution is -2.09. The van der Waals surface area contributed by atoms with Crippen molar-refractivity contribution < 1.29 is 8.42 Å². The Balaban J connectivity index is 1.79. The molecule has 4 rings (SSSR count). The van der Waals surface area contributed by atoms with Crippen molar-refractivity contribution >= 4 is 32.3 Å². The molecule has 2 aromatic carbocycles. The van der Waals surface area contributed by atoms with Crippen molar-refractivity contribution in [3.8, 4) is 17.2 Å². The Morgan fingerprint density at radius 3 is 2.50 bits per heavy atom. The van der Waals surface area contributed by atoms with E-state index in [9.17, 15) is 13.7 Å². The van der Waals surface area contributed by atoms with Crippen LogP contribution in [0.1, 0.15) is 24.1 Å². The van der Waals surface area contributed by atoms with Gasteiger partial charge in [-0.3, -0.25) is 14.7 Å². The minimum Gasteiger partial charge on any atom is -0.377 e. The van der Waals surface area contributed by atoms with Crippen LogP contribution in [-0.4, -0.2) is 24.6 Å². The van der Waals surface area contributed by atoms with Crippen LogP contribution in [-0.2, 0) is 10.0 Å². The van der Waals surface area contributed by atoms with Crippen molar-refractivity contribution in [2.24, 2.45) is 0 Å². The molecule has 160 valence electrons. The molecule has 32 heavy (non-hydrogen) atoms. The molecule has 0 aliphatic heterocycles. The minimum atomic E-state index is -3.41. The summed E-state index contributed by atoms with van der Waals surface area (Å²) in [6.07, 6.45) is 5.78. The number of benzene rings is 2. The van der Waals surface area contributed by atoms with Crippen LogP contribution in [0.3, 0.4) is 0 Å². The number of sulfonamides is 1. The summed E-state index contributed by atoms with van der Waals surface area (Å²) in [5.74, 6) is 0. The molecule has 0 fully saturated rings. The third-order valence-corrected chi connectivity index (χ3v) is 5.63. The molecule has 4 aromatic rings. The van der Waals surface area contributed by atoms with Gasteiger partial charge in [0.15, 0.2) is 0 Å². The van der Waals surface area contributed by atoms with Crippen LogP contribution in [0.4, 0.5) is 11.4 Å². The van der Waals surface area contributed by atoms with E-state index < -0.39 is 10.0 Å². The Kier molecular flexibility index (Phi) is 5.75. The van der Waals surface area contributed by atoms with Crippen molar-refractivity contribution in [2.75, 3.05) is 16.3 Å². The number of rotatable bonds is 6. The number of hydrogen-bond acceptors (Lipinski definition) is 6. The van der Waals surface area contributed by atoms with Gasteiger partial charge in [-0.25, -0.2) is 8.42 Å². The fraction of sp³-hybridized carbons (Fsp3) is 0.125. The summed E-state index contributed by atoms with van der Waals surface area (Å²) in [6, 6.07) is 19.6. The first-order valence-corrected chi connectivity index (χ1v) is 11.8. The fourth-order valence-corrected chi connectivity index (χ4v) is 4.06. The van der Waals surface area contributed by atoms with Crippen molar-refractivity contribution in [1.29, 1.82) is 5.26 Å². The second kappa shape index (κ2) is 8.65. The molecule has 0 saturated carbocycles. The largest absolute Gasteiger partial charge is 0.377 e. The number of hydrogen-bond donors (Lipinski definition) is 2. The molecule has 1 atom stereocenters. The number of nitrogens with zero attached hydrogens (tertiary/aromatic N) is 3. The van der Waals surface area contributed by atoms with Gasteiger partial charge in [0.1, 0.15) is 6.07 Å². The van der Waals surface area contributed by atoms with Crippen molar-refractivity contribution in [3.05, 3.63) is 84.3 Å². The summed E-state index contributed by atoms with van der Waals surface area (Å²) in [4.78, 5) is 8.58. The lowest BCUT2D eigenvalue weighted by molar-refractivity contribution is 0.607. The van der Waals surface area contributed by atoms with Gasteiger partial charge in [0, 0.05) is 29.4 Å². The van der Waals surface area contributed by atoms with Crippen LogP contribution >= 0.6 is 0 Å². The second-order valence-electron chi connectivity index (χ2n) is 7.50. The van der Waals surface area contributed by atoms with Crippen LogP contribution in [0.2, 0.25) is 0 Å². The number of anilines is 2. The maximum absolute atomic E-state index is 11.6. The zero-order valence-electron chi connectivity index (χ0n) is 17.6. The Morgan fingerprint density at radius 2 is 1.78 bits per heavy atom. The SMILES string of the molecule is CC(Nc1c(C#N)cnc2ccc(-c3cncc(NS(C)(=O)=O)c3)cc12)c1ccccc1. The predicted molar refractivity (Wildman–Crippen MR) is 127 cm³/mol. The average molecular weight is 444 g/mol. The average Bonchev–Trinajstić information content (AvgIpc) is 2.78. The van der Waals surface area contributed by atoms with E-state index in [0.29, 0.717) is 16.9 Å². The molecule has 7 nitrogen and oxygen atoms in total. The molecule has 1 unspecified atom stereocenters. The fourth-order valence-electron chi connectivity index (χ4n) is 3.52. The smallest absolute Gasteiger partial charge is 0.229 e. The number of aromatic nitrogens is 2. The van der Waals surface area contributed by atoms with Crippen LogP contribution in [0, 0.1) is 11.3 Å². The number of pyridine rings is 2. The first-order chi connectivity index (χ1) is 15.3. The summed E-state index contributed by atoms with van der Waals surface area (Å²) < 4.78 is 25.6. The Bertz CT molecular complexity index is 1430. The highest BCUT2D eigenvalue weighted by Gasteiger charge is 2.14. The summed E-state index contributed by atoms with van der Waals surface area (Å²) in [5.41, 5.74) is 4.94. The molecule has 8 heteroatoms. The van der Waals surface area contributed by atoms with Gasteiger partial charge in [0.25, 0.3) is 0 Å². The molecule has 2 aromatic heterocycles. The first-order valence-electron chi connectivity index (χ1n) is 9.91. The summed E-state index contributed by atoms with van der Waals surface area (Å²) in [6.45, 7) is 2.04. The molecule has 0 amide bonds. The summed E-state index contributed by atoms with van der Waals surface area (Å²) >= 11 is 0. The Labute approximate surface area is 186 Å². The third-order valence-electron chi connectivity index (χ3n) is 5.02. The van der Waals surface area contributed by atoms with Gasteiger partial charge in [-0.15, -0.1) is 0 Å². The van der Waals surface area contributed by atoms with Gasteiger partial charge in [-0.05, 0) is 36.2 Å². The number of fused-ring (bicyclic) bond motifs is 1. The van der Waals surface area contributed by atoms with Crippen molar-refractivity contribution in [1.82, 2.24) is 9.97 Å². The topological polar surface area (TPSA) is 108 Å². The number of nitrogens with one attached hydrogen (secondary N) is 2. The maximum atomic E-state index is 11.6. The quantitative estimate of drug-likeness (QED) is 0.447. The van der Waals surface area contributed by atoms with E-state index in [4.69, 9.17) is 0 Å². The monoisotopic (exact) mass is 443 g/mol.